The van der Waals surface area contributed by atoms with Crippen molar-refractivity contribution in [3.05, 3.63) is 0 Å². The SMILES string of the molecule is CCCCCCCCCCCC(I)NCC(O)CCCCCCCCC. The van der Waals surface area contributed by atoms with E-state index in [1.165, 1.54) is 109 Å². The van der Waals surface area contributed by atoms with E-state index in [2.05, 4.69) is 41.8 Å². The zero-order chi connectivity index (χ0) is 19.3. The normalized spacial score (nSPS) is 13.8. The fourth-order valence-electron chi connectivity index (χ4n) is 3.44. The van der Waals surface area contributed by atoms with Crippen LogP contribution in [0.1, 0.15) is 129 Å². The number of unbranched alkanes of at least 4 members (excludes halogenated alkanes) is 14. The fraction of sp³-hybridized carbons (Fsp3) is 1.00. The molecule has 0 saturated heterocycles. The number of aliphatic hydroxyl groups excluding tert-OH is 1. The molecule has 0 aromatic rings. The first-order valence-electron chi connectivity index (χ1n) is 11.8. The van der Waals surface area contributed by atoms with Gasteiger partial charge in [0.25, 0.3) is 0 Å². The van der Waals surface area contributed by atoms with Gasteiger partial charge in [-0.05, 0) is 12.8 Å². The molecule has 0 spiro atoms. The van der Waals surface area contributed by atoms with Crippen molar-refractivity contribution >= 4 is 22.6 Å². The summed E-state index contributed by atoms with van der Waals surface area (Å²) in [6.45, 7) is 5.31. The topological polar surface area (TPSA) is 32.3 Å². The lowest BCUT2D eigenvalue weighted by molar-refractivity contribution is 0.157. The molecule has 158 valence electrons. The molecule has 0 aliphatic heterocycles. The summed E-state index contributed by atoms with van der Waals surface area (Å²) in [5, 5.41) is 13.6. The maximum atomic E-state index is 10.1. The summed E-state index contributed by atoms with van der Waals surface area (Å²) < 4.78 is 0.515. The van der Waals surface area contributed by atoms with Crippen LogP contribution in [0, 0.1) is 0 Å². The predicted molar refractivity (Wildman–Crippen MR) is 126 cm³/mol. The van der Waals surface area contributed by atoms with E-state index < -0.39 is 0 Å². The third-order valence-corrected chi connectivity index (χ3v) is 6.34. The van der Waals surface area contributed by atoms with Crippen molar-refractivity contribution in [1.29, 1.82) is 0 Å². The second-order valence-electron chi connectivity index (χ2n) is 8.06. The van der Waals surface area contributed by atoms with E-state index in [0.29, 0.717) is 4.05 Å². The molecule has 2 atom stereocenters. The van der Waals surface area contributed by atoms with Crippen LogP contribution in [-0.4, -0.2) is 21.8 Å². The summed E-state index contributed by atoms with van der Waals surface area (Å²) in [5.74, 6) is 0. The van der Waals surface area contributed by atoms with E-state index in [-0.39, 0.29) is 6.10 Å². The minimum atomic E-state index is -0.161. The molecule has 2 nitrogen and oxygen atoms in total. The lowest BCUT2D eigenvalue weighted by atomic mass is 10.1. The zero-order valence-electron chi connectivity index (χ0n) is 17.9. The monoisotopic (exact) mass is 481 g/mol. The van der Waals surface area contributed by atoms with Crippen LogP contribution in [0.3, 0.4) is 0 Å². The Hall–Kier alpha value is 0.650. The summed E-state index contributed by atoms with van der Waals surface area (Å²) >= 11 is 2.50. The van der Waals surface area contributed by atoms with Crippen LogP contribution in [0.4, 0.5) is 0 Å². The molecule has 0 rings (SSSR count). The maximum absolute atomic E-state index is 10.1. The molecule has 0 aromatic heterocycles. The van der Waals surface area contributed by atoms with Crippen molar-refractivity contribution in [2.45, 2.75) is 140 Å². The molecule has 0 saturated carbocycles. The molecule has 0 amide bonds. The van der Waals surface area contributed by atoms with Crippen molar-refractivity contribution in [2.75, 3.05) is 6.54 Å². The number of rotatable bonds is 21. The molecule has 0 radical (unpaired) electrons. The van der Waals surface area contributed by atoms with Gasteiger partial charge in [0.2, 0.25) is 0 Å². The van der Waals surface area contributed by atoms with Gasteiger partial charge in [0.1, 0.15) is 0 Å². The zero-order valence-corrected chi connectivity index (χ0v) is 20.1. The van der Waals surface area contributed by atoms with Gasteiger partial charge in [0.05, 0.1) is 10.2 Å². The first-order valence-corrected chi connectivity index (χ1v) is 13.0. The predicted octanol–water partition coefficient (Wildman–Crippen LogP) is 7.76. The number of hydrogen-bond donors (Lipinski definition) is 2. The van der Waals surface area contributed by atoms with Gasteiger partial charge in [-0.25, -0.2) is 0 Å². The Morgan fingerprint density at radius 3 is 1.46 bits per heavy atom. The molecule has 0 aliphatic carbocycles. The average molecular weight is 482 g/mol. The Morgan fingerprint density at radius 2 is 1.00 bits per heavy atom. The Bertz CT molecular complexity index is 263. The van der Waals surface area contributed by atoms with Crippen molar-refractivity contribution in [3.63, 3.8) is 0 Å². The summed E-state index contributed by atoms with van der Waals surface area (Å²) in [5.41, 5.74) is 0. The highest BCUT2D eigenvalue weighted by Crippen LogP contribution is 2.14. The molecule has 0 aromatic carbocycles. The van der Waals surface area contributed by atoms with E-state index in [1.807, 2.05) is 0 Å². The van der Waals surface area contributed by atoms with Crippen LogP contribution in [-0.2, 0) is 0 Å². The minimum Gasteiger partial charge on any atom is -0.392 e. The van der Waals surface area contributed by atoms with Gasteiger partial charge in [0.15, 0.2) is 0 Å². The lowest BCUT2D eigenvalue weighted by Crippen LogP contribution is -2.32. The molecule has 0 heterocycles. The maximum Gasteiger partial charge on any atom is 0.0665 e. The Morgan fingerprint density at radius 1 is 0.615 bits per heavy atom. The molecular formula is C23H48INO. The highest BCUT2D eigenvalue weighted by Gasteiger charge is 2.08. The van der Waals surface area contributed by atoms with E-state index in [1.54, 1.807) is 0 Å². The smallest absolute Gasteiger partial charge is 0.0665 e. The molecule has 0 aliphatic rings. The van der Waals surface area contributed by atoms with Gasteiger partial charge in [-0.3, -0.25) is 0 Å². The van der Waals surface area contributed by atoms with E-state index in [4.69, 9.17) is 0 Å². The molecule has 0 fully saturated rings. The second-order valence-corrected chi connectivity index (χ2v) is 9.56. The number of aliphatic hydroxyl groups is 1. The largest absolute Gasteiger partial charge is 0.392 e. The van der Waals surface area contributed by atoms with Crippen LogP contribution >= 0.6 is 22.6 Å². The van der Waals surface area contributed by atoms with E-state index in [9.17, 15) is 5.11 Å². The standard InChI is InChI=1S/C23H48INO/c1-3-5-7-9-11-12-14-16-18-20-23(24)25-21-22(26)19-17-15-13-10-8-6-4-2/h22-23,25-26H,3-21H2,1-2H3. The molecule has 2 unspecified atom stereocenters. The fourth-order valence-corrected chi connectivity index (χ4v) is 4.13. The summed E-state index contributed by atoms with van der Waals surface area (Å²) in [4.78, 5) is 0. The van der Waals surface area contributed by atoms with Gasteiger partial charge >= 0.3 is 0 Å². The number of halogens is 1. The van der Waals surface area contributed by atoms with Crippen LogP contribution in [0.5, 0.6) is 0 Å². The second kappa shape index (κ2) is 21.9. The lowest BCUT2D eigenvalue weighted by Gasteiger charge is -2.16. The third-order valence-electron chi connectivity index (χ3n) is 5.28. The molecule has 2 N–H and O–H groups in total. The van der Waals surface area contributed by atoms with Gasteiger partial charge in [-0.2, -0.15) is 0 Å². The summed E-state index contributed by atoms with van der Waals surface area (Å²) in [6, 6.07) is 0. The van der Waals surface area contributed by atoms with Gasteiger partial charge < -0.3 is 10.4 Å². The van der Waals surface area contributed by atoms with Crippen molar-refractivity contribution < 1.29 is 5.11 Å². The number of alkyl halides is 1. The summed E-state index contributed by atoms with van der Waals surface area (Å²) in [7, 11) is 0. The van der Waals surface area contributed by atoms with Crippen molar-refractivity contribution in [1.82, 2.24) is 5.32 Å². The van der Waals surface area contributed by atoms with Gasteiger partial charge in [-0.1, -0.05) is 139 Å². The number of nitrogens with one attached hydrogen (secondary N) is 1. The van der Waals surface area contributed by atoms with Gasteiger partial charge in [-0.15, -0.1) is 0 Å². The van der Waals surface area contributed by atoms with Crippen LogP contribution < -0.4 is 5.32 Å². The summed E-state index contributed by atoms with van der Waals surface area (Å²) in [6.07, 6.45) is 23.8. The Kier molecular flexibility index (Phi) is 22.5. The van der Waals surface area contributed by atoms with Crippen LogP contribution in [0.25, 0.3) is 0 Å². The highest BCUT2D eigenvalue weighted by atomic mass is 127. The van der Waals surface area contributed by atoms with E-state index >= 15 is 0 Å². The third kappa shape index (κ3) is 21.0. The van der Waals surface area contributed by atoms with E-state index in [0.717, 1.165) is 13.0 Å². The molecular weight excluding hydrogens is 433 g/mol. The number of hydrogen-bond acceptors (Lipinski definition) is 2. The molecule has 3 heteroatoms. The Labute approximate surface area is 178 Å². The van der Waals surface area contributed by atoms with Crippen LogP contribution in [0.2, 0.25) is 0 Å². The molecule has 26 heavy (non-hydrogen) atoms. The highest BCUT2D eigenvalue weighted by molar-refractivity contribution is 14.1. The first kappa shape index (κ1) is 26.6. The van der Waals surface area contributed by atoms with Gasteiger partial charge in [0, 0.05) is 6.54 Å². The quantitative estimate of drug-likeness (QED) is 0.0760. The van der Waals surface area contributed by atoms with Crippen molar-refractivity contribution in [3.8, 4) is 0 Å². The Balaban J connectivity index is 3.30. The first-order chi connectivity index (χ1) is 12.7. The van der Waals surface area contributed by atoms with Crippen molar-refractivity contribution in [2.24, 2.45) is 0 Å². The van der Waals surface area contributed by atoms with Crippen LogP contribution in [0.15, 0.2) is 0 Å². The average Bonchev–Trinajstić information content (AvgIpc) is 2.64. The minimum absolute atomic E-state index is 0.161. The molecule has 0 bridgehead atoms.